The van der Waals surface area contributed by atoms with Crippen molar-refractivity contribution in [3.05, 3.63) is 62.9 Å². The van der Waals surface area contributed by atoms with E-state index in [0.29, 0.717) is 41.9 Å². The van der Waals surface area contributed by atoms with Gasteiger partial charge in [-0.25, -0.2) is 4.98 Å². The Kier molecular flexibility index (Phi) is 6.73. The third kappa shape index (κ3) is 4.67. The van der Waals surface area contributed by atoms with Gasteiger partial charge in [0, 0.05) is 34.9 Å². The monoisotopic (exact) mass is 414 g/mol. The number of aromatic nitrogens is 1. The largest absolute Gasteiger partial charge is 0.374 e. The van der Waals surface area contributed by atoms with Crippen LogP contribution in [-0.2, 0) is 16.1 Å². The Morgan fingerprint density at radius 2 is 2.00 bits per heavy atom. The van der Waals surface area contributed by atoms with Crippen LogP contribution in [0, 0.1) is 0 Å². The topological polar surface area (TPSA) is 51.7 Å². The molecule has 1 unspecified atom stereocenters. The van der Waals surface area contributed by atoms with Gasteiger partial charge in [-0.3, -0.25) is 4.79 Å². The molecule has 1 aromatic carbocycles. The molecule has 1 fully saturated rings. The lowest BCUT2D eigenvalue weighted by atomic mass is 10.2. The van der Waals surface area contributed by atoms with Crippen LogP contribution in [0.25, 0.3) is 0 Å². The number of benzene rings is 1. The SMILES string of the molecule is O=C(c1cccnc1Cl)N1CCOC(COCc2c(Cl)cccc2Cl)C1. The molecule has 1 aliphatic heterocycles. The smallest absolute Gasteiger partial charge is 0.257 e. The number of ether oxygens (including phenoxy) is 2. The van der Waals surface area contributed by atoms with Gasteiger partial charge in [0.2, 0.25) is 0 Å². The zero-order chi connectivity index (χ0) is 18.5. The zero-order valence-electron chi connectivity index (χ0n) is 13.8. The number of halogens is 3. The molecule has 138 valence electrons. The van der Waals surface area contributed by atoms with Crippen molar-refractivity contribution in [2.24, 2.45) is 0 Å². The summed E-state index contributed by atoms with van der Waals surface area (Å²) in [5.41, 5.74) is 1.13. The summed E-state index contributed by atoms with van der Waals surface area (Å²) < 4.78 is 11.4. The number of nitrogens with zero attached hydrogens (tertiary/aromatic N) is 2. The molecule has 1 aromatic heterocycles. The van der Waals surface area contributed by atoms with E-state index < -0.39 is 0 Å². The second-order valence-corrected chi connectivity index (χ2v) is 6.97. The number of pyridine rings is 1. The second-order valence-electron chi connectivity index (χ2n) is 5.80. The van der Waals surface area contributed by atoms with Gasteiger partial charge >= 0.3 is 0 Å². The third-order valence-corrected chi connectivity index (χ3v) is 5.04. The highest BCUT2D eigenvalue weighted by Crippen LogP contribution is 2.25. The predicted molar refractivity (Wildman–Crippen MR) is 101 cm³/mol. The Morgan fingerprint density at radius 1 is 1.23 bits per heavy atom. The number of carbonyl (C=O) groups is 1. The standard InChI is InChI=1S/C18H17Cl3N2O3/c19-15-4-1-5-16(20)14(15)11-25-10-12-9-23(7-8-26-12)18(24)13-3-2-6-22-17(13)21/h1-6,12H,7-11H2. The lowest BCUT2D eigenvalue weighted by molar-refractivity contribution is -0.0647. The summed E-state index contributed by atoms with van der Waals surface area (Å²) in [6.45, 7) is 1.95. The summed E-state index contributed by atoms with van der Waals surface area (Å²) in [4.78, 5) is 18.3. The number of amides is 1. The molecule has 1 aliphatic rings. The molecule has 0 aliphatic carbocycles. The van der Waals surface area contributed by atoms with Crippen LogP contribution in [0.2, 0.25) is 15.2 Å². The van der Waals surface area contributed by atoms with Gasteiger partial charge in [-0.15, -0.1) is 0 Å². The minimum atomic E-state index is -0.232. The fourth-order valence-corrected chi connectivity index (χ4v) is 3.39. The fraction of sp³-hybridized carbons (Fsp3) is 0.333. The summed E-state index contributed by atoms with van der Waals surface area (Å²) in [7, 11) is 0. The van der Waals surface area contributed by atoms with E-state index in [0.717, 1.165) is 5.56 Å². The highest BCUT2D eigenvalue weighted by molar-refractivity contribution is 6.36. The minimum Gasteiger partial charge on any atom is -0.374 e. The van der Waals surface area contributed by atoms with E-state index in [1.54, 1.807) is 41.4 Å². The molecule has 5 nitrogen and oxygen atoms in total. The van der Waals surface area contributed by atoms with E-state index in [1.165, 1.54) is 0 Å². The van der Waals surface area contributed by atoms with Crippen molar-refractivity contribution in [3.63, 3.8) is 0 Å². The van der Waals surface area contributed by atoms with E-state index in [2.05, 4.69) is 4.98 Å². The molecule has 3 rings (SSSR count). The van der Waals surface area contributed by atoms with Crippen LogP contribution in [0.1, 0.15) is 15.9 Å². The van der Waals surface area contributed by atoms with Crippen molar-refractivity contribution in [1.82, 2.24) is 9.88 Å². The maximum atomic E-state index is 12.6. The lowest BCUT2D eigenvalue weighted by Crippen LogP contribution is -2.47. The second kappa shape index (κ2) is 9.02. The average Bonchev–Trinajstić information content (AvgIpc) is 2.64. The molecule has 0 spiro atoms. The van der Waals surface area contributed by atoms with Gasteiger partial charge in [0.1, 0.15) is 5.15 Å². The van der Waals surface area contributed by atoms with Crippen molar-refractivity contribution in [3.8, 4) is 0 Å². The molecule has 8 heteroatoms. The highest BCUT2D eigenvalue weighted by atomic mass is 35.5. The number of carbonyl (C=O) groups excluding carboxylic acids is 1. The fourth-order valence-electron chi connectivity index (χ4n) is 2.68. The Labute approximate surface area is 166 Å². The highest BCUT2D eigenvalue weighted by Gasteiger charge is 2.26. The van der Waals surface area contributed by atoms with Crippen LogP contribution in [-0.4, -0.2) is 48.2 Å². The first kappa shape index (κ1) is 19.4. The molecule has 0 radical (unpaired) electrons. The summed E-state index contributed by atoms with van der Waals surface area (Å²) in [6.07, 6.45) is 1.32. The van der Waals surface area contributed by atoms with Crippen LogP contribution in [0.3, 0.4) is 0 Å². The first-order chi connectivity index (χ1) is 12.6. The van der Waals surface area contributed by atoms with Crippen molar-refractivity contribution < 1.29 is 14.3 Å². The van der Waals surface area contributed by atoms with Crippen molar-refractivity contribution in [1.29, 1.82) is 0 Å². The summed E-state index contributed by atoms with van der Waals surface area (Å²) in [5, 5.41) is 1.32. The quantitative estimate of drug-likeness (QED) is 0.690. The summed E-state index contributed by atoms with van der Waals surface area (Å²) in [5.74, 6) is -0.162. The van der Waals surface area contributed by atoms with Gasteiger partial charge in [0.05, 0.1) is 31.5 Å². The Bertz CT molecular complexity index is 768. The van der Waals surface area contributed by atoms with Crippen LogP contribution in [0.5, 0.6) is 0 Å². The third-order valence-electron chi connectivity index (χ3n) is 4.03. The van der Waals surface area contributed by atoms with Gasteiger partial charge in [0.15, 0.2) is 0 Å². The average molecular weight is 416 g/mol. The first-order valence-electron chi connectivity index (χ1n) is 8.08. The first-order valence-corrected chi connectivity index (χ1v) is 9.21. The zero-order valence-corrected chi connectivity index (χ0v) is 16.1. The molecule has 0 N–H and O–H groups in total. The maximum Gasteiger partial charge on any atom is 0.257 e. The van der Waals surface area contributed by atoms with Crippen molar-refractivity contribution >= 4 is 40.7 Å². The van der Waals surface area contributed by atoms with E-state index in [-0.39, 0.29) is 23.8 Å². The van der Waals surface area contributed by atoms with Crippen LogP contribution < -0.4 is 0 Å². The number of morpholine rings is 1. The van der Waals surface area contributed by atoms with E-state index in [4.69, 9.17) is 44.3 Å². The molecular weight excluding hydrogens is 399 g/mol. The van der Waals surface area contributed by atoms with Gasteiger partial charge in [0.25, 0.3) is 5.91 Å². The van der Waals surface area contributed by atoms with Crippen LogP contribution >= 0.6 is 34.8 Å². The van der Waals surface area contributed by atoms with Gasteiger partial charge in [-0.05, 0) is 24.3 Å². The van der Waals surface area contributed by atoms with Crippen LogP contribution in [0.4, 0.5) is 0 Å². The molecule has 2 aromatic rings. The summed E-state index contributed by atoms with van der Waals surface area (Å²) >= 11 is 18.3. The van der Waals surface area contributed by atoms with Gasteiger partial charge < -0.3 is 14.4 Å². The Balaban J connectivity index is 1.56. The molecule has 1 atom stereocenters. The Hall–Kier alpha value is -1.37. The number of hydrogen-bond acceptors (Lipinski definition) is 4. The normalized spacial score (nSPS) is 17.3. The van der Waals surface area contributed by atoms with E-state index >= 15 is 0 Å². The molecule has 1 amide bonds. The van der Waals surface area contributed by atoms with Crippen molar-refractivity contribution in [2.75, 3.05) is 26.3 Å². The predicted octanol–water partition coefficient (Wildman–Crippen LogP) is 4.10. The summed E-state index contributed by atoms with van der Waals surface area (Å²) in [6, 6.07) is 8.67. The lowest BCUT2D eigenvalue weighted by Gasteiger charge is -2.33. The molecule has 26 heavy (non-hydrogen) atoms. The molecule has 2 heterocycles. The van der Waals surface area contributed by atoms with Gasteiger partial charge in [-0.1, -0.05) is 40.9 Å². The maximum absolute atomic E-state index is 12.6. The Morgan fingerprint density at radius 3 is 2.73 bits per heavy atom. The number of rotatable bonds is 5. The molecule has 1 saturated heterocycles. The number of hydrogen-bond donors (Lipinski definition) is 0. The van der Waals surface area contributed by atoms with Crippen molar-refractivity contribution in [2.45, 2.75) is 12.7 Å². The molecular formula is C18H17Cl3N2O3. The molecule has 0 saturated carbocycles. The van der Waals surface area contributed by atoms with Gasteiger partial charge in [-0.2, -0.15) is 0 Å². The van der Waals surface area contributed by atoms with E-state index in [1.807, 2.05) is 0 Å². The van der Waals surface area contributed by atoms with Crippen LogP contribution in [0.15, 0.2) is 36.5 Å². The van der Waals surface area contributed by atoms with E-state index in [9.17, 15) is 4.79 Å². The molecule has 0 bridgehead atoms. The minimum absolute atomic E-state index is 0.162.